The van der Waals surface area contributed by atoms with Crippen LogP contribution >= 0.6 is 0 Å². The van der Waals surface area contributed by atoms with Gasteiger partial charge in [0.2, 0.25) is 5.91 Å². The lowest BCUT2D eigenvalue weighted by Gasteiger charge is -2.46. The van der Waals surface area contributed by atoms with Crippen LogP contribution in [-0.4, -0.2) is 60.3 Å². The molecule has 0 aromatic rings. The molecule has 0 spiro atoms. The molecule has 0 aromatic heterocycles. The second-order valence-electron chi connectivity index (χ2n) is 10.4. The van der Waals surface area contributed by atoms with Crippen LogP contribution in [0.25, 0.3) is 0 Å². The Balaban J connectivity index is 1.73. The summed E-state index contributed by atoms with van der Waals surface area (Å²) >= 11 is 0. The zero-order valence-corrected chi connectivity index (χ0v) is 21.1. The summed E-state index contributed by atoms with van der Waals surface area (Å²) < 4.78 is 40.3. The van der Waals surface area contributed by atoms with Crippen molar-refractivity contribution in [1.82, 2.24) is 10.2 Å². The molecule has 1 radical (unpaired) electrons. The van der Waals surface area contributed by atoms with Gasteiger partial charge in [0.05, 0.1) is 24.4 Å². The SMILES string of the molecule is C=C(/C=C\C=C(/C)N[C@H]1CO[C@H](CN2CCCC2=O)[C@H](OC(C)(C)C)[C@@H]1C1=C[CH]1)C(F)(F)CC. The maximum atomic E-state index is 13.7. The largest absolute Gasteiger partial charge is 0.383 e. The Kier molecular flexibility index (Phi) is 8.40. The van der Waals surface area contributed by atoms with E-state index in [4.69, 9.17) is 9.47 Å². The molecule has 1 aliphatic carbocycles. The number of allylic oxidation sites excluding steroid dienone is 6. The van der Waals surface area contributed by atoms with Crippen LogP contribution in [0.3, 0.4) is 0 Å². The Morgan fingerprint density at radius 1 is 1.38 bits per heavy atom. The topological polar surface area (TPSA) is 50.8 Å². The van der Waals surface area contributed by atoms with Crippen molar-refractivity contribution in [1.29, 1.82) is 0 Å². The van der Waals surface area contributed by atoms with Gasteiger partial charge in [-0.25, -0.2) is 8.78 Å². The zero-order valence-electron chi connectivity index (χ0n) is 21.1. The van der Waals surface area contributed by atoms with Crippen LogP contribution in [0, 0.1) is 12.3 Å². The molecule has 5 nitrogen and oxygen atoms in total. The number of hydrogen-bond donors (Lipinski definition) is 1. The van der Waals surface area contributed by atoms with Gasteiger partial charge in [-0.15, -0.1) is 0 Å². The minimum absolute atomic E-state index is 0.0483. The summed E-state index contributed by atoms with van der Waals surface area (Å²) in [6.07, 6.45) is 9.68. The zero-order chi connectivity index (χ0) is 25.1. The number of ether oxygens (including phenoxy) is 2. The van der Waals surface area contributed by atoms with Crippen LogP contribution in [0.15, 0.2) is 47.7 Å². The second-order valence-corrected chi connectivity index (χ2v) is 10.4. The normalized spacial score (nSPS) is 28.4. The molecule has 189 valence electrons. The molecular formula is C27H39F2N2O3. The Morgan fingerprint density at radius 3 is 2.65 bits per heavy atom. The highest BCUT2D eigenvalue weighted by Gasteiger charge is 2.47. The maximum Gasteiger partial charge on any atom is 0.272 e. The standard InChI is InChI=1S/C27H39F2N2O3/c1-7-27(28,29)18(2)10-8-11-19(3)30-21-17-33-22(16-31-15-9-12-23(31)32)25(34-26(4,5)6)24(21)20-13-14-20/h8,10-11,13-14,21-22,24-25,30H,2,7,9,12,15-17H2,1,3-6H3/b10-8-,19-11+/t21-,22+,24+,25-/m0/s1. The Morgan fingerprint density at radius 2 is 2.09 bits per heavy atom. The van der Waals surface area contributed by atoms with Crippen molar-refractivity contribution in [3.8, 4) is 0 Å². The van der Waals surface area contributed by atoms with Gasteiger partial charge in [0.15, 0.2) is 0 Å². The van der Waals surface area contributed by atoms with Gasteiger partial charge < -0.3 is 19.7 Å². The quantitative estimate of drug-likeness (QED) is 0.452. The average Bonchev–Trinajstić information content (AvgIpc) is 3.50. The van der Waals surface area contributed by atoms with E-state index < -0.39 is 5.92 Å². The van der Waals surface area contributed by atoms with Crippen molar-refractivity contribution in [2.45, 2.75) is 83.7 Å². The number of hydrogen-bond acceptors (Lipinski definition) is 4. The van der Waals surface area contributed by atoms with Gasteiger partial charge in [-0.2, -0.15) is 0 Å². The van der Waals surface area contributed by atoms with Crippen LogP contribution in [0.4, 0.5) is 8.78 Å². The van der Waals surface area contributed by atoms with Gasteiger partial charge >= 0.3 is 0 Å². The molecule has 34 heavy (non-hydrogen) atoms. The minimum Gasteiger partial charge on any atom is -0.383 e. The summed E-state index contributed by atoms with van der Waals surface area (Å²) in [5, 5.41) is 3.50. The van der Waals surface area contributed by atoms with E-state index in [0.29, 0.717) is 19.6 Å². The first-order valence-electron chi connectivity index (χ1n) is 12.2. The number of rotatable bonds is 10. The smallest absolute Gasteiger partial charge is 0.272 e. The number of nitrogens with zero attached hydrogens (tertiary/aromatic N) is 1. The number of carbonyl (C=O) groups is 1. The van der Waals surface area contributed by atoms with Gasteiger partial charge in [0, 0.05) is 49.5 Å². The fourth-order valence-electron chi connectivity index (χ4n) is 4.54. The van der Waals surface area contributed by atoms with Crippen molar-refractivity contribution in [2.24, 2.45) is 5.92 Å². The lowest BCUT2D eigenvalue weighted by Crippen LogP contribution is -2.59. The maximum absolute atomic E-state index is 13.7. The number of nitrogens with one attached hydrogen (secondary N) is 1. The highest BCUT2D eigenvalue weighted by atomic mass is 19.3. The second kappa shape index (κ2) is 10.7. The van der Waals surface area contributed by atoms with Crippen molar-refractivity contribution in [3.63, 3.8) is 0 Å². The Hall–Kier alpha value is -1.99. The van der Waals surface area contributed by atoms with E-state index in [1.807, 2.05) is 32.6 Å². The molecule has 7 heteroatoms. The number of likely N-dealkylation sites (tertiary alicyclic amines) is 1. The predicted molar refractivity (Wildman–Crippen MR) is 130 cm³/mol. The molecule has 3 rings (SSSR count). The third-order valence-electron chi connectivity index (χ3n) is 6.42. The van der Waals surface area contributed by atoms with E-state index in [2.05, 4.69) is 24.4 Å². The first-order valence-corrected chi connectivity index (χ1v) is 12.2. The molecule has 2 saturated heterocycles. The molecule has 4 atom stereocenters. The minimum atomic E-state index is -2.90. The molecule has 2 heterocycles. The van der Waals surface area contributed by atoms with Crippen molar-refractivity contribution in [2.75, 3.05) is 19.7 Å². The summed E-state index contributed by atoms with van der Waals surface area (Å²) in [6, 6.07) is -0.0483. The monoisotopic (exact) mass is 477 g/mol. The van der Waals surface area contributed by atoms with Gasteiger partial charge in [0.1, 0.15) is 6.10 Å². The van der Waals surface area contributed by atoms with E-state index in [1.54, 1.807) is 12.2 Å². The summed E-state index contributed by atoms with van der Waals surface area (Å²) in [6.45, 7) is 14.7. The molecule has 3 aliphatic rings. The van der Waals surface area contributed by atoms with Crippen molar-refractivity contribution >= 4 is 5.91 Å². The van der Waals surface area contributed by atoms with Crippen LogP contribution in [0.5, 0.6) is 0 Å². The average molecular weight is 478 g/mol. The molecule has 0 saturated carbocycles. The molecule has 1 N–H and O–H groups in total. The van der Waals surface area contributed by atoms with Crippen molar-refractivity contribution < 1.29 is 23.0 Å². The highest BCUT2D eigenvalue weighted by Crippen LogP contribution is 2.40. The van der Waals surface area contributed by atoms with E-state index >= 15 is 0 Å². The number of alkyl halides is 2. The molecule has 2 aliphatic heterocycles. The van der Waals surface area contributed by atoms with Crippen LogP contribution in [0.1, 0.15) is 53.9 Å². The summed E-state index contributed by atoms with van der Waals surface area (Å²) in [5.41, 5.74) is 1.47. The van der Waals surface area contributed by atoms with Gasteiger partial charge in [0.25, 0.3) is 5.92 Å². The number of amides is 1. The summed E-state index contributed by atoms with van der Waals surface area (Å²) in [4.78, 5) is 14.1. The van der Waals surface area contributed by atoms with Gasteiger partial charge in [-0.05, 0) is 40.2 Å². The number of halogens is 2. The molecule has 1 amide bonds. The van der Waals surface area contributed by atoms with Crippen LogP contribution in [-0.2, 0) is 14.3 Å². The molecule has 2 fully saturated rings. The van der Waals surface area contributed by atoms with E-state index in [1.165, 1.54) is 18.6 Å². The third kappa shape index (κ3) is 7.01. The highest BCUT2D eigenvalue weighted by molar-refractivity contribution is 5.78. The van der Waals surface area contributed by atoms with E-state index in [-0.39, 0.29) is 47.7 Å². The number of carbonyl (C=O) groups excluding carboxylic acids is 1. The van der Waals surface area contributed by atoms with E-state index in [0.717, 1.165) is 18.7 Å². The molecular weight excluding hydrogens is 438 g/mol. The fourth-order valence-corrected chi connectivity index (χ4v) is 4.54. The first-order chi connectivity index (χ1) is 15.9. The molecule has 0 bridgehead atoms. The van der Waals surface area contributed by atoms with Crippen LogP contribution < -0.4 is 5.32 Å². The first kappa shape index (κ1) is 26.6. The molecule has 0 unspecified atom stereocenters. The van der Waals surface area contributed by atoms with Crippen molar-refractivity contribution in [3.05, 3.63) is 54.1 Å². The predicted octanol–water partition coefficient (Wildman–Crippen LogP) is 4.97. The third-order valence-corrected chi connectivity index (χ3v) is 6.42. The summed E-state index contributed by atoms with van der Waals surface area (Å²) in [7, 11) is 0. The lowest BCUT2D eigenvalue weighted by atomic mass is 9.84. The van der Waals surface area contributed by atoms with Gasteiger partial charge in [-0.1, -0.05) is 37.3 Å². The fraction of sp³-hybridized carbons (Fsp3) is 0.630. The van der Waals surface area contributed by atoms with E-state index in [9.17, 15) is 13.6 Å². The Bertz CT molecular complexity index is 856. The Labute approximate surface area is 202 Å². The molecule has 0 aromatic carbocycles. The summed E-state index contributed by atoms with van der Waals surface area (Å²) in [5.74, 6) is -2.67. The lowest BCUT2D eigenvalue weighted by molar-refractivity contribution is -0.182. The van der Waals surface area contributed by atoms with Crippen LogP contribution in [0.2, 0.25) is 0 Å². The van der Waals surface area contributed by atoms with Gasteiger partial charge in [-0.3, -0.25) is 4.79 Å².